The summed E-state index contributed by atoms with van der Waals surface area (Å²) in [4.78, 5) is 25.2. The maximum absolute atomic E-state index is 11.2. The Morgan fingerprint density at radius 1 is 0.821 bits per heavy atom. The van der Waals surface area contributed by atoms with Crippen LogP contribution in [0.1, 0.15) is 58.3 Å². The number of carbonyl (C=O) groups excluding carboxylic acids is 1. The summed E-state index contributed by atoms with van der Waals surface area (Å²) < 4.78 is 6.39. The molecule has 0 radical (unpaired) electrons. The van der Waals surface area contributed by atoms with Crippen molar-refractivity contribution in [1.82, 2.24) is 20.2 Å². The van der Waals surface area contributed by atoms with Crippen molar-refractivity contribution in [2.24, 2.45) is 11.8 Å². The van der Waals surface area contributed by atoms with Crippen LogP contribution in [-0.4, -0.2) is 64.8 Å². The van der Waals surface area contributed by atoms with Crippen molar-refractivity contribution in [2.75, 3.05) is 36.0 Å². The topological polar surface area (TPSA) is 84.3 Å². The zero-order valence-electron chi connectivity index (χ0n) is 22.7. The van der Waals surface area contributed by atoms with E-state index in [2.05, 4.69) is 51.2 Å². The largest absolute Gasteiger partial charge is 0.375 e. The molecule has 1 saturated carbocycles. The highest BCUT2D eigenvalue weighted by molar-refractivity contribution is 7.18. The van der Waals surface area contributed by atoms with Crippen molar-refractivity contribution in [3.05, 3.63) is 36.7 Å². The van der Waals surface area contributed by atoms with E-state index in [1.165, 1.54) is 32.1 Å². The molecule has 206 valence electrons. The number of hydrogen-bond donors (Lipinski definition) is 0. The number of ether oxygens (including phenoxy) is 1. The molecule has 2 aromatic heterocycles. The molecule has 3 fully saturated rings. The second-order valence-corrected chi connectivity index (χ2v) is 12.3. The number of anilines is 2. The van der Waals surface area contributed by atoms with Crippen molar-refractivity contribution in [3.63, 3.8) is 0 Å². The van der Waals surface area contributed by atoms with Crippen LogP contribution in [0, 0.1) is 11.8 Å². The second-order valence-electron chi connectivity index (χ2n) is 11.3. The average molecular weight is 547 g/mol. The Morgan fingerprint density at radius 2 is 1.49 bits per heavy atom. The van der Waals surface area contributed by atoms with Crippen LogP contribution in [0.3, 0.4) is 0 Å². The van der Waals surface area contributed by atoms with Gasteiger partial charge in [-0.15, -0.1) is 10.2 Å². The van der Waals surface area contributed by atoms with Crippen LogP contribution in [-0.2, 0) is 9.53 Å². The summed E-state index contributed by atoms with van der Waals surface area (Å²) in [6.45, 7) is 5.73. The lowest BCUT2D eigenvalue weighted by atomic mass is 9.88. The van der Waals surface area contributed by atoms with Gasteiger partial charge in [-0.3, -0.25) is 0 Å². The van der Waals surface area contributed by atoms with Gasteiger partial charge < -0.3 is 19.3 Å². The first kappa shape index (κ1) is 26.3. The molecule has 0 bridgehead atoms. The van der Waals surface area contributed by atoms with E-state index in [0.717, 1.165) is 84.5 Å². The first-order valence-corrected chi connectivity index (χ1v) is 15.3. The van der Waals surface area contributed by atoms with Gasteiger partial charge >= 0.3 is 0 Å². The van der Waals surface area contributed by atoms with Gasteiger partial charge in [0.25, 0.3) is 0 Å². The molecule has 1 aliphatic carbocycles. The van der Waals surface area contributed by atoms with E-state index in [4.69, 9.17) is 14.7 Å². The molecule has 39 heavy (non-hydrogen) atoms. The van der Waals surface area contributed by atoms with E-state index in [0.29, 0.717) is 18.1 Å². The number of piperidine rings is 2. The monoisotopic (exact) mass is 546 g/mol. The first-order chi connectivity index (χ1) is 19.2. The number of benzene rings is 1. The van der Waals surface area contributed by atoms with E-state index in [1.54, 1.807) is 11.3 Å². The van der Waals surface area contributed by atoms with Crippen molar-refractivity contribution in [2.45, 2.75) is 70.5 Å². The minimum Gasteiger partial charge on any atom is -0.375 e. The van der Waals surface area contributed by atoms with Crippen LogP contribution < -0.4 is 9.80 Å². The molecule has 1 aromatic carbocycles. The van der Waals surface area contributed by atoms with Crippen molar-refractivity contribution in [3.8, 4) is 21.7 Å². The van der Waals surface area contributed by atoms with E-state index < -0.39 is 0 Å². The molecule has 0 spiro atoms. The molecular weight excluding hydrogens is 508 g/mol. The highest BCUT2D eigenvalue weighted by atomic mass is 32.1. The normalized spacial score (nSPS) is 23.2. The Balaban J connectivity index is 1.04. The molecule has 0 N–H and O–H groups in total. The summed E-state index contributed by atoms with van der Waals surface area (Å²) in [6, 6.07) is 8.37. The van der Waals surface area contributed by atoms with Gasteiger partial charge in [0, 0.05) is 55.6 Å². The highest BCUT2D eigenvalue weighted by Gasteiger charge is 2.28. The Kier molecular flexibility index (Phi) is 8.16. The predicted molar refractivity (Wildman–Crippen MR) is 155 cm³/mol. The summed E-state index contributed by atoms with van der Waals surface area (Å²) in [5.74, 6) is 1.29. The molecule has 4 heterocycles. The molecule has 8 nitrogen and oxygen atoms in total. The maximum atomic E-state index is 11.2. The van der Waals surface area contributed by atoms with Crippen LogP contribution >= 0.6 is 11.3 Å². The van der Waals surface area contributed by atoms with Crippen LogP contribution in [0.15, 0.2) is 36.7 Å². The van der Waals surface area contributed by atoms with Crippen molar-refractivity contribution >= 4 is 28.7 Å². The van der Waals surface area contributed by atoms with E-state index in [1.807, 2.05) is 12.4 Å². The van der Waals surface area contributed by atoms with Gasteiger partial charge in [0.15, 0.2) is 0 Å². The third-order valence-electron chi connectivity index (χ3n) is 8.60. The van der Waals surface area contributed by atoms with Gasteiger partial charge in [-0.25, -0.2) is 9.97 Å². The Bertz CT molecular complexity index is 1220. The lowest BCUT2D eigenvalue weighted by Gasteiger charge is -2.34. The molecule has 3 aliphatic rings. The first-order valence-electron chi connectivity index (χ1n) is 14.5. The number of aromatic nitrogens is 4. The molecule has 2 saturated heterocycles. The highest BCUT2D eigenvalue weighted by Crippen LogP contribution is 2.33. The van der Waals surface area contributed by atoms with Crippen LogP contribution in [0.2, 0.25) is 0 Å². The zero-order valence-corrected chi connectivity index (χ0v) is 23.6. The summed E-state index contributed by atoms with van der Waals surface area (Å²) in [5, 5.41) is 10.7. The number of hydrogen-bond acceptors (Lipinski definition) is 9. The van der Waals surface area contributed by atoms with Gasteiger partial charge in [0.05, 0.1) is 12.2 Å². The second kappa shape index (κ2) is 12.1. The number of nitrogens with zero attached hydrogens (tertiary/aromatic N) is 6. The van der Waals surface area contributed by atoms with Gasteiger partial charge in [0.2, 0.25) is 11.1 Å². The SMILES string of the molecule is CC1CN(c2nnc(-c3ccc(-c4cnc(N5CCC(OC6CCCCC6)CC5)nc4)cc3)s2)CCC1C=O. The fraction of sp³-hybridized carbons (Fsp3) is 0.567. The lowest BCUT2D eigenvalue weighted by molar-refractivity contribution is -0.112. The van der Waals surface area contributed by atoms with Crippen LogP contribution in [0.4, 0.5) is 11.1 Å². The third kappa shape index (κ3) is 6.14. The number of rotatable bonds is 7. The lowest BCUT2D eigenvalue weighted by Crippen LogP contribution is -2.39. The fourth-order valence-corrected chi connectivity index (χ4v) is 6.99. The predicted octanol–water partition coefficient (Wildman–Crippen LogP) is 5.64. The van der Waals surface area contributed by atoms with Gasteiger partial charge in [0.1, 0.15) is 11.3 Å². The number of aldehydes is 1. The van der Waals surface area contributed by atoms with E-state index in [-0.39, 0.29) is 5.92 Å². The molecule has 2 atom stereocenters. The van der Waals surface area contributed by atoms with Crippen molar-refractivity contribution in [1.29, 1.82) is 0 Å². The standard InChI is InChI=1S/C30H38N6O2S/c1-21-19-36(14-11-24(21)20-37)30-34-33-28(39-30)23-9-7-22(8-10-23)25-17-31-29(32-18-25)35-15-12-27(13-16-35)38-26-5-3-2-4-6-26/h7-10,17-18,20-21,24,26-27H,2-6,11-16,19H2,1H3. The maximum Gasteiger partial charge on any atom is 0.225 e. The Labute approximate surface area is 234 Å². The fourth-order valence-electron chi connectivity index (χ4n) is 6.10. The smallest absolute Gasteiger partial charge is 0.225 e. The molecule has 3 aromatic rings. The average Bonchev–Trinajstić information content (AvgIpc) is 3.49. The number of carbonyl (C=O) groups is 1. The summed E-state index contributed by atoms with van der Waals surface area (Å²) in [7, 11) is 0. The Morgan fingerprint density at radius 3 is 2.18 bits per heavy atom. The molecule has 2 aliphatic heterocycles. The quantitative estimate of drug-likeness (QED) is 0.352. The molecule has 6 rings (SSSR count). The summed E-state index contributed by atoms with van der Waals surface area (Å²) in [6.07, 6.45) is 15.2. The summed E-state index contributed by atoms with van der Waals surface area (Å²) in [5.41, 5.74) is 3.14. The van der Waals surface area contributed by atoms with Gasteiger partial charge in [-0.1, -0.05) is 61.8 Å². The Hall–Kier alpha value is -2.91. The van der Waals surface area contributed by atoms with Crippen molar-refractivity contribution < 1.29 is 9.53 Å². The van der Waals surface area contributed by atoms with Crippen LogP contribution in [0.25, 0.3) is 21.7 Å². The van der Waals surface area contributed by atoms with E-state index >= 15 is 0 Å². The van der Waals surface area contributed by atoms with Gasteiger partial charge in [-0.05, 0) is 43.6 Å². The molecule has 9 heteroatoms. The minimum atomic E-state index is 0.150. The minimum absolute atomic E-state index is 0.150. The molecular formula is C30H38N6O2S. The molecule has 2 unspecified atom stereocenters. The zero-order chi connectivity index (χ0) is 26.6. The molecule has 0 amide bonds. The van der Waals surface area contributed by atoms with Gasteiger partial charge in [-0.2, -0.15) is 0 Å². The van der Waals surface area contributed by atoms with Crippen LogP contribution in [0.5, 0.6) is 0 Å². The summed E-state index contributed by atoms with van der Waals surface area (Å²) >= 11 is 1.61. The third-order valence-corrected chi connectivity index (χ3v) is 9.63. The van der Waals surface area contributed by atoms with E-state index in [9.17, 15) is 4.79 Å².